The zero-order valence-electron chi connectivity index (χ0n) is 13.5. The van der Waals surface area contributed by atoms with Crippen LogP contribution in [0.1, 0.15) is 18.9 Å². The summed E-state index contributed by atoms with van der Waals surface area (Å²) in [5.74, 6) is 2.47. The molecular weight excluding hydrogens is 393 g/mol. The lowest BCUT2D eigenvalue weighted by Crippen LogP contribution is -2.38. The fourth-order valence-corrected chi connectivity index (χ4v) is 2.07. The molecular formula is C16H26IN3O2. The smallest absolute Gasteiger partial charge is 0.191 e. The number of benzene rings is 1. The average Bonchev–Trinajstić information content (AvgIpc) is 3.19. The first-order valence-corrected chi connectivity index (χ1v) is 7.40. The summed E-state index contributed by atoms with van der Waals surface area (Å²) >= 11 is 0. The van der Waals surface area contributed by atoms with Gasteiger partial charge in [-0.1, -0.05) is 19.1 Å². The lowest BCUT2D eigenvalue weighted by atomic mass is 10.2. The van der Waals surface area contributed by atoms with E-state index in [1.165, 1.54) is 6.42 Å². The molecule has 0 heterocycles. The van der Waals surface area contributed by atoms with Crippen molar-refractivity contribution in [2.24, 2.45) is 10.9 Å². The number of nitrogens with one attached hydrogen (secondary N) is 2. The van der Waals surface area contributed by atoms with Crippen LogP contribution in [-0.4, -0.2) is 39.4 Å². The van der Waals surface area contributed by atoms with Crippen LogP contribution in [0.3, 0.4) is 0 Å². The van der Waals surface area contributed by atoms with E-state index in [2.05, 4.69) is 28.6 Å². The Labute approximate surface area is 149 Å². The predicted octanol–water partition coefficient (Wildman–Crippen LogP) is 2.40. The van der Waals surface area contributed by atoms with Gasteiger partial charge in [0.1, 0.15) is 12.4 Å². The molecule has 22 heavy (non-hydrogen) atoms. The molecule has 1 aromatic rings. The van der Waals surface area contributed by atoms with E-state index in [1.54, 1.807) is 14.2 Å². The van der Waals surface area contributed by atoms with Crippen LogP contribution in [0.2, 0.25) is 0 Å². The van der Waals surface area contributed by atoms with Gasteiger partial charge in [-0.3, -0.25) is 4.99 Å². The Morgan fingerprint density at radius 3 is 2.77 bits per heavy atom. The summed E-state index contributed by atoms with van der Waals surface area (Å²) in [4.78, 5) is 4.25. The predicted molar refractivity (Wildman–Crippen MR) is 100 cm³/mol. The van der Waals surface area contributed by atoms with E-state index in [4.69, 9.17) is 9.47 Å². The van der Waals surface area contributed by atoms with Crippen molar-refractivity contribution in [1.29, 1.82) is 0 Å². The van der Waals surface area contributed by atoms with E-state index in [0.29, 0.717) is 19.3 Å². The summed E-state index contributed by atoms with van der Waals surface area (Å²) in [6.45, 7) is 4.13. The van der Waals surface area contributed by atoms with Crippen molar-refractivity contribution in [2.75, 3.05) is 27.4 Å². The minimum absolute atomic E-state index is 0. The molecule has 1 aromatic carbocycles. The molecule has 2 unspecified atom stereocenters. The zero-order valence-corrected chi connectivity index (χ0v) is 15.8. The Morgan fingerprint density at radius 2 is 2.14 bits per heavy atom. The molecule has 0 bridgehead atoms. The summed E-state index contributed by atoms with van der Waals surface area (Å²) < 4.78 is 10.6. The number of guanidine groups is 1. The fourth-order valence-electron chi connectivity index (χ4n) is 2.07. The van der Waals surface area contributed by atoms with E-state index < -0.39 is 0 Å². The molecule has 5 nitrogen and oxygen atoms in total. The van der Waals surface area contributed by atoms with Gasteiger partial charge >= 0.3 is 0 Å². The maximum atomic E-state index is 5.61. The largest absolute Gasteiger partial charge is 0.491 e. The van der Waals surface area contributed by atoms with Crippen molar-refractivity contribution in [3.05, 3.63) is 29.8 Å². The van der Waals surface area contributed by atoms with Crippen LogP contribution < -0.4 is 15.4 Å². The van der Waals surface area contributed by atoms with Crippen molar-refractivity contribution < 1.29 is 9.47 Å². The number of halogens is 1. The Balaban J connectivity index is 0.00000242. The molecule has 0 aliphatic heterocycles. The van der Waals surface area contributed by atoms with Gasteiger partial charge in [-0.05, 0) is 30.0 Å². The molecule has 0 aromatic heterocycles. The highest BCUT2D eigenvalue weighted by atomic mass is 127. The third kappa shape index (κ3) is 6.39. The van der Waals surface area contributed by atoms with Gasteiger partial charge in [0, 0.05) is 26.7 Å². The van der Waals surface area contributed by atoms with Crippen LogP contribution in [-0.2, 0) is 11.3 Å². The van der Waals surface area contributed by atoms with E-state index in [9.17, 15) is 0 Å². The monoisotopic (exact) mass is 419 g/mol. The molecule has 6 heteroatoms. The first-order valence-electron chi connectivity index (χ1n) is 7.40. The number of aliphatic imine (C=N–C) groups is 1. The van der Waals surface area contributed by atoms with Gasteiger partial charge in [-0.15, -0.1) is 24.0 Å². The van der Waals surface area contributed by atoms with Gasteiger partial charge in [0.15, 0.2) is 5.96 Å². The molecule has 124 valence electrons. The Bertz CT molecular complexity index is 482. The highest BCUT2D eigenvalue weighted by Crippen LogP contribution is 2.28. The summed E-state index contributed by atoms with van der Waals surface area (Å²) in [5.41, 5.74) is 1.16. The van der Waals surface area contributed by atoms with Crippen molar-refractivity contribution >= 4 is 29.9 Å². The molecule has 0 spiro atoms. The second kappa shape index (κ2) is 9.89. The van der Waals surface area contributed by atoms with Crippen molar-refractivity contribution in [3.63, 3.8) is 0 Å². The molecule has 2 rings (SSSR count). The number of hydrogen-bond donors (Lipinski definition) is 2. The van der Waals surface area contributed by atoms with E-state index in [-0.39, 0.29) is 24.0 Å². The van der Waals surface area contributed by atoms with Crippen LogP contribution in [0.25, 0.3) is 0 Å². The number of hydrogen-bond acceptors (Lipinski definition) is 3. The maximum Gasteiger partial charge on any atom is 0.191 e. The highest BCUT2D eigenvalue weighted by molar-refractivity contribution is 14.0. The Hall–Kier alpha value is -1.02. The van der Waals surface area contributed by atoms with Gasteiger partial charge in [0.25, 0.3) is 0 Å². The van der Waals surface area contributed by atoms with Gasteiger partial charge < -0.3 is 20.1 Å². The fraction of sp³-hybridized carbons (Fsp3) is 0.562. The van der Waals surface area contributed by atoms with E-state index in [1.807, 2.05) is 18.2 Å². The van der Waals surface area contributed by atoms with Gasteiger partial charge in [0.05, 0.1) is 6.61 Å². The third-order valence-electron chi connectivity index (χ3n) is 3.57. The average molecular weight is 419 g/mol. The topological polar surface area (TPSA) is 54.9 Å². The maximum absolute atomic E-state index is 5.61. The number of rotatable bonds is 7. The van der Waals surface area contributed by atoms with Crippen molar-refractivity contribution in [1.82, 2.24) is 10.6 Å². The van der Waals surface area contributed by atoms with Gasteiger partial charge in [-0.25, -0.2) is 0 Å². The van der Waals surface area contributed by atoms with Crippen molar-refractivity contribution in [2.45, 2.75) is 25.9 Å². The van der Waals surface area contributed by atoms with Crippen LogP contribution >= 0.6 is 24.0 Å². The Kier molecular flexibility index (Phi) is 8.55. The molecule has 1 aliphatic carbocycles. The first kappa shape index (κ1) is 19.0. The van der Waals surface area contributed by atoms with Crippen LogP contribution in [0.15, 0.2) is 29.3 Å². The molecule has 1 fully saturated rings. The van der Waals surface area contributed by atoms with Gasteiger partial charge in [0.2, 0.25) is 0 Å². The number of nitrogens with zero attached hydrogens (tertiary/aromatic N) is 1. The molecule has 2 N–H and O–H groups in total. The molecule has 2 atom stereocenters. The molecule has 1 saturated carbocycles. The minimum Gasteiger partial charge on any atom is -0.491 e. The van der Waals surface area contributed by atoms with Crippen LogP contribution in [0.4, 0.5) is 0 Å². The first-order chi connectivity index (χ1) is 10.2. The highest BCUT2D eigenvalue weighted by Gasteiger charge is 2.33. The number of ether oxygens (including phenoxy) is 2. The SMILES string of the molecule is CN=C(NCc1cccc(OCCOC)c1)NC1CC1C.I. The minimum atomic E-state index is 0. The second-order valence-corrected chi connectivity index (χ2v) is 5.38. The number of methoxy groups -OCH3 is 1. The van der Waals surface area contributed by atoms with Crippen LogP contribution in [0, 0.1) is 5.92 Å². The van der Waals surface area contributed by atoms with Gasteiger partial charge in [-0.2, -0.15) is 0 Å². The third-order valence-corrected chi connectivity index (χ3v) is 3.57. The molecule has 1 aliphatic rings. The standard InChI is InChI=1S/C16H25N3O2.HI/c1-12-9-15(12)19-16(17-2)18-11-13-5-4-6-14(10-13)21-8-7-20-3;/h4-6,10,12,15H,7-9,11H2,1-3H3,(H2,17,18,19);1H. The van der Waals surface area contributed by atoms with Crippen LogP contribution in [0.5, 0.6) is 5.75 Å². The summed E-state index contributed by atoms with van der Waals surface area (Å²) in [5, 5.41) is 6.74. The van der Waals surface area contributed by atoms with E-state index in [0.717, 1.165) is 29.7 Å². The van der Waals surface area contributed by atoms with Crippen molar-refractivity contribution in [3.8, 4) is 5.75 Å². The lowest BCUT2D eigenvalue weighted by molar-refractivity contribution is 0.146. The summed E-state index contributed by atoms with van der Waals surface area (Å²) in [7, 11) is 3.47. The summed E-state index contributed by atoms with van der Waals surface area (Å²) in [6.07, 6.45) is 1.23. The quantitative estimate of drug-likeness (QED) is 0.309. The Morgan fingerprint density at radius 1 is 1.36 bits per heavy atom. The molecule has 0 radical (unpaired) electrons. The molecule has 0 saturated heterocycles. The second-order valence-electron chi connectivity index (χ2n) is 5.38. The van der Waals surface area contributed by atoms with E-state index >= 15 is 0 Å². The molecule has 0 amide bonds. The summed E-state index contributed by atoms with van der Waals surface area (Å²) in [6, 6.07) is 8.63. The zero-order chi connectivity index (χ0) is 15.1. The lowest BCUT2D eigenvalue weighted by Gasteiger charge is -2.12. The normalized spacial score (nSPS) is 20.0.